The lowest BCUT2D eigenvalue weighted by atomic mass is 10.1. The Labute approximate surface area is 128 Å². The van der Waals surface area contributed by atoms with E-state index in [0.29, 0.717) is 18.5 Å². The summed E-state index contributed by atoms with van der Waals surface area (Å²) in [4.78, 5) is -0.159. The summed E-state index contributed by atoms with van der Waals surface area (Å²) in [5.74, 6) is 0.131. The van der Waals surface area contributed by atoms with E-state index in [4.69, 9.17) is 28.9 Å². The number of sulfonamides is 1. The van der Waals surface area contributed by atoms with Gasteiger partial charge < -0.3 is 10.8 Å². The van der Waals surface area contributed by atoms with Crippen molar-refractivity contribution in [3.05, 3.63) is 22.2 Å². The maximum Gasteiger partial charge on any atom is 0.243 e. The molecule has 2 unspecified atom stereocenters. The number of nitrogen functional groups attached to an aromatic ring is 1. The summed E-state index contributed by atoms with van der Waals surface area (Å²) in [5, 5.41) is 9.42. The molecule has 0 radical (unpaired) electrons. The fraction of sp³-hybridized carbons (Fsp3) is 0.500. The average Bonchev–Trinajstić information content (AvgIpc) is 2.71. The van der Waals surface area contributed by atoms with E-state index >= 15 is 0 Å². The maximum absolute atomic E-state index is 12.2. The summed E-state index contributed by atoms with van der Waals surface area (Å²) in [6.45, 7) is 0.260. The van der Waals surface area contributed by atoms with Crippen molar-refractivity contribution in [3.8, 4) is 0 Å². The van der Waals surface area contributed by atoms with Gasteiger partial charge in [0.15, 0.2) is 0 Å². The molecule has 0 spiro atoms. The number of rotatable bonds is 4. The van der Waals surface area contributed by atoms with E-state index in [0.717, 1.165) is 6.42 Å². The first-order valence-electron chi connectivity index (χ1n) is 6.22. The molecule has 0 aromatic heterocycles. The number of aliphatic hydroxyl groups excluding tert-OH is 1. The van der Waals surface area contributed by atoms with E-state index in [1.165, 1.54) is 12.1 Å². The topological polar surface area (TPSA) is 92.4 Å². The van der Waals surface area contributed by atoms with Gasteiger partial charge >= 0.3 is 0 Å². The Balaban J connectivity index is 2.15. The molecule has 0 heterocycles. The zero-order chi connectivity index (χ0) is 14.9. The minimum atomic E-state index is -3.79. The van der Waals surface area contributed by atoms with Crippen molar-refractivity contribution < 1.29 is 13.5 Å². The first kappa shape index (κ1) is 15.9. The molecule has 1 aromatic rings. The Morgan fingerprint density at radius 2 is 1.90 bits per heavy atom. The minimum Gasteiger partial charge on any atom is -0.399 e. The third-order valence-electron chi connectivity index (χ3n) is 3.36. The second kappa shape index (κ2) is 6.07. The molecular formula is C12H16Cl2N2O3S. The minimum absolute atomic E-state index is 0.00560. The van der Waals surface area contributed by atoms with Crippen LogP contribution in [-0.4, -0.2) is 26.2 Å². The number of hydrogen-bond acceptors (Lipinski definition) is 4. The number of nitrogens with one attached hydrogen (secondary N) is 1. The Bertz CT molecular complexity index is 584. The highest BCUT2D eigenvalue weighted by molar-refractivity contribution is 7.89. The lowest BCUT2D eigenvalue weighted by molar-refractivity contribution is 0.178. The number of hydrogen-bond donors (Lipinski definition) is 3. The SMILES string of the molecule is Nc1cc(Cl)c(S(=O)(=O)NCC2CCC(O)C2)c(Cl)c1. The highest BCUT2D eigenvalue weighted by atomic mass is 35.5. The molecule has 1 aromatic carbocycles. The van der Waals surface area contributed by atoms with Gasteiger partial charge in [0.2, 0.25) is 10.0 Å². The molecule has 1 fully saturated rings. The summed E-state index contributed by atoms with van der Waals surface area (Å²) < 4.78 is 27.0. The van der Waals surface area contributed by atoms with Crippen LogP contribution in [0.2, 0.25) is 10.0 Å². The third-order valence-corrected chi connectivity index (χ3v) is 5.71. The Morgan fingerprint density at radius 3 is 2.40 bits per heavy atom. The molecule has 1 aliphatic carbocycles. The summed E-state index contributed by atoms with van der Waals surface area (Å²) in [6.07, 6.45) is 1.77. The molecule has 0 bridgehead atoms. The van der Waals surface area contributed by atoms with Crippen molar-refractivity contribution >= 4 is 38.9 Å². The first-order chi connectivity index (χ1) is 9.29. The van der Waals surface area contributed by atoms with Crippen LogP contribution in [-0.2, 0) is 10.0 Å². The van der Waals surface area contributed by atoms with E-state index in [2.05, 4.69) is 4.72 Å². The molecule has 4 N–H and O–H groups in total. The fourth-order valence-corrected chi connectivity index (χ4v) is 4.71. The maximum atomic E-state index is 12.2. The van der Waals surface area contributed by atoms with Gasteiger partial charge in [-0.05, 0) is 37.3 Å². The lowest BCUT2D eigenvalue weighted by Crippen LogP contribution is -2.29. The van der Waals surface area contributed by atoms with Crippen molar-refractivity contribution in [2.45, 2.75) is 30.3 Å². The van der Waals surface area contributed by atoms with Crippen molar-refractivity contribution in [1.82, 2.24) is 4.72 Å². The second-order valence-corrected chi connectivity index (χ2v) is 7.52. The van der Waals surface area contributed by atoms with Crippen molar-refractivity contribution in [2.24, 2.45) is 5.92 Å². The van der Waals surface area contributed by atoms with Gasteiger partial charge in [0.25, 0.3) is 0 Å². The molecule has 0 amide bonds. The molecule has 0 saturated heterocycles. The van der Waals surface area contributed by atoms with Gasteiger partial charge in [-0.3, -0.25) is 0 Å². The van der Waals surface area contributed by atoms with Crippen LogP contribution in [0.1, 0.15) is 19.3 Å². The Kier molecular flexibility index (Phi) is 4.81. The molecular weight excluding hydrogens is 323 g/mol. The van der Waals surface area contributed by atoms with Crippen LogP contribution in [0.15, 0.2) is 17.0 Å². The van der Waals surface area contributed by atoms with Crippen LogP contribution in [0.5, 0.6) is 0 Å². The van der Waals surface area contributed by atoms with E-state index in [1.54, 1.807) is 0 Å². The van der Waals surface area contributed by atoms with Gasteiger partial charge in [-0.25, -0.2) is 13.1 Å². The number of nitrogens with two attached hydrogens (primary N) is 1. The van der Waals surface area contributed by atoms with Crippen LogP contribution < -0.4 is 10.5 Å². The molecule has 112 valence electrons. The Hall–Kier alpha value is -0.530. The van der Waals surface area contributed by atoms with Crippen LogP contribution in [0.25, 0.3) is 0 Å². The van der Waals surface area contributed by atoms with Crippen molar-refractivity contribution in [3.63, 3.8) is 0 Å². The number of benzene rings is 1. The summed E-state index contributed by atoms with van der Waals surface area (Å²) in [5.41, 5.74) is 5.85. The zero-order valence-corrected chi connectivity index (χ0v) is 13.0. The van der Waals surface area contributed by atoms with Crippen molar-refractivity contribution in [2.75, 3.05) is 12.3 Å². The number of aliphatic hydroxyl groups is 1. The number of anilines is 1. The molecule has 1 aliphatic rings. The Morgan fingerprint density at radius 1 is 1.30 bits per heavy atom. The smallest absolute Gasteiger partial charge is 0.243 e. The predicted molar refractivity (Wildman–Crippen MR) is 79.4 cm³/mol. The van der Waals surface area contributed by atoms with Gasteiger partial charge in [-0.1, -0.05) is 23.2 Å². The molecule has 2 atom stereocenters. The van der Waals surface area contributed by atoms with Gasteiger partial charge in [-0.2, -0.15) is 0 Å². The van der Waals surface area contributed by atoms with Gasteiger partial charge in [0.05, 0.1) is 16.1 Å². The van der Waals surface area contributed by atoms with Crippen LogP contribution in [0, 0.1) is 5.92 Å². The van der Waals surface area contributed by atoms with E-state index < -0.39 is 10.0 Å². The highest BCUT2D eigenvalue weighted by Gasteiger charge is 2.27. The summed E-state index contributed by atoms with van der Waals surface area (Å²) in [7, 11) is -3.79. The lowest BCUT2D eigenvalue weighted by Gasteiger charge is -2.13. The molecule has 2 rings (SSSR count). The second-order valence-electron chi connectivity index (χ2n) is 5.00. The third kappa shape index (κ3) is 3.56. The van der Waals surface area contributed by atoms with Crippen molar-refractivity contribution in [1.29, 1.82) is 0 Å². The molecule has 0 aliphatic heterocycles. The van der Waals surface area contributed by atoms with E-state index in [-0.39, 0.29) is 33.5 Å². The zero-order valence-electron chi connectivity index (χ0n) is 10.6. The quantitative estimate of drug-likeness (QED) is 0.732. The standard InChI is InChI=1S/C12H16Cl2N2O3S/c13-10-4-8(15)5-11(14)12(10)20(18,19)16-6-7-1-2-9(17)3-7/h4-5,7,9,16-17H,1-3,6,15H2. The van der Waals surface area contributed by atoms with Crippen LogP contribution in [0.3, 0.4) is 0 Å². The van der Waals surface area contributed by atoms with Crippen LogP contribution in [0.4, 0.5) is 5.69 Å². The molecule has 1 saturated carbocycles. The largest absolute Gasteiger partial charge is 0.399 e. The van der Waals surface area contributed by atoms with Gasteiger partial charge in [0, 0.05) is 12.2 Å². The van der Waals surface area contributed by atoms with Crippen LogP contribution >= 0.6 is 23.2 Å². The fourth-order valence-electron chi connectivity index (χ4n) is 2.37. The molecule has 20 heavy (non-hydrogen) atoms. The molecule has 5 nitrogen and oxygen atoms in total. The molecule has 8 heteroatoms. The normalized spacial score (nSPS) is 23.1. The average molecular weight is 339 g/mol. The predicted octanol–water partition coefficient (Wildman–Crippen LogP) is 2.01. The van der Waals surface area contributed by atoms with E-state index in [1.807, 2.05) is 0 Å². The first-order valence-corrected chi connectivity index (χ1v) is 8.46. The monoisotopic (exact) mass is 338 g/mol. The van der Waals surface area contributed by atoms with Gasteiger partial charge in [-0.15, -0.1) is 0 Å². The highest BCUT2D eigenvalue weighted by Crippen LogP contribution is 2.32. The number of halogens is 2. The summed E-state index contributed by atoms with van der Waals surface area (Å²) >= 11 is 11.8. The summed E-state index contributed by atoms with van der Waals surface area (Å²) in [6, 6.07) is 2.70. The van der Waals surface area contributed by atoms with Gasteiger partial charge in [0.1, 0.15) is 4.90 Å². The van der Waals surface area contributed by atoms with E-state index in [9.17, 15) is 13.5 Å².